The predicted molar refractivity (Wildman–Crippen MR) is 79.5 cm³/mol. The molecule has 0 aliphatic carbocycles. The van der Waals surface area contributed by atoms with E-state index in [0.717, 1.165) is 4.90 Å². The summed E-state index contributed by atoms with van der Waals surface area (Å²) in [5.41, 5.74) is 0.419. The third kappa shape index (κ3) is 6.85. The van der Waals surface area contributed by atoms with E-state index in [-0.39, 0.29) is 30.9 Å². The first kappa shape index (κ1) is 17.1. The van der Waals surface area contributed by atoms with Crippen LogP contribution in [0, 0.1) is 5.82 Å². The second-order valence-electron chi connectivity index (χ2n) is 5.24. The lowest BCUT2D eigenvalue weighted by molar-refractivity contribution is -0.881. The molecule has 0 bridgehead atoms. The van der Waals surface area contributed by atoms with Crippen LogP contribution in [0.5, 0.6) is 0 Å². The molecule has 6 heteroatoms. The Morgan fingerprint density at radius 2 is 1.90 bits per heavy atom. The highest BCUT2D eigenvalue weighted by Gasteiger charge is 2.17. The Balaban J connectivity index is 2.49. The number of halogens is 1. The summed E-state index contributed by atoms with van der Waals surface area (Å²) in [5.74, 6) is -0.723. The second-order valence-corrected chi connectivity index (χ2v) is 5.24. The summed E-state index contributed by atoms with van der Waals surface area (Å²) in [7, 11) is 0. The van der Waals surface area contributed by atoms with Crippen molar-refractivity contribution in [2.75, 3.05) is 25.0 Å². The van der Waals surface area contributed by atoms with Gasteiger partial charge in [-0.2, -0.15) is 0 Å². The fraction of sp³-hybridized carbons (Fsp3) is 0.467. The minimum absolute atomic E-state index is 0.0803. The van der Waals surface area contributed by atoms with Crippen LogP contribution in [0.25, 0.3) is 0 Å². The minimum Gasteiger partial charge on any atom is -0.349 e. The van der Waals surface area contributed by atoms with Gasteiger partial charge in [0, 0.05) is 11.7 Å². The lowest BCUT2D eigenvalue weighted by atomic mass is 10.3. The first-order chi connectivity index (χ1) is 9.90. The molecule has 2 amide bonds. The summed E-state index contributed by atoms with van der Waals surface area (Å²) in [6.07, 6.45) is 0. The number of quaternary nitrogens is 1. The van der Waals surface area contributed by atoms with Crippen molar-refractivity contribution < 1.29 is 18.9 Å². The SMILES string of the molecule is CC[NH+](CC(=O)Nc1cccc(F)c1)CC(=O)NC(C)C. The Morgan fingerprint density at radius 1 is 1.24 bits per heavy atom. The van der Waals surface area contributed by atoms with Crippen LogP contribution in [-0.2, 0) is 9.59 Å². The fourth-order valence-corrected chi connectivity index (χ4v) is 1.91. The van der Waals surface area contributed by atoms with Gasteiger partial charge in [-0.1, -0.05) is 6.07 Å². The van der Waals surface area contributed by atoms with Crippen LogP contribution in [0.15, 0.2) is 24.3 Å². The Kier molecular flexibility index (Phi) is 6.81. The zero-order chi connectivity index (χ0) is 15.8. The van der Waals surface area contributed by atoms with Crippen LogP contribution in [0.1, 0.15) is 20.8 Å². The number of hydrogen-bond acceptors (Lipinski definition) is 2. The maximum atomic E-state index is 13.0. The van der Waals surface area contributed by atoms with Crippen LogP contribution < -0.4 is 15.5 Å². The molecule has 21 heavy (non-hydrogen) atoms. The van der Waals surface area contributed by atoms with E-state index >= 15 is 0 Å². The van der Waals surface area contributed by atoms with Gasteiger partial charge in [-0.05, 0) is 39.0 Å². The first-order valence-electron chi connectivity index (χ1n) is 7.09. The van der Waals surface area contributed by atoms with E-state index in [9.17, 15) is 14.0 Å². The van der Waals surface area contributed by atoms with E-state index in [4.69, 9.17) is 0 Å². The Hall–Kier alpha value is -1.95. The van der Waals surface area contributed by atoms with Crippen LogP contribution in [0.2, 0.25) is 0 Å². The summed E-state index contributed by atoms with van der Waals surface area (Å²) >= 11 is 0. The van der Waals surface area contributed by atoms with E-state index < -0.39 is 5.82 Å². The molecule has 0 aliphatic heterocycles. The number of carbonyl (C=O) groups is 2. The Bertz CT molecular complexity index is 492. The molecule has 0 heterocycles. The third-order valence-electron chi connectivity index (χ3n) is 2.88. The molecule has 116 valence electrons. The number of carbonyl (C=O) groups excluding carboxylic acids is 2. The molecular weight excluding hydrogens is 273 g/mol. The van der Waals surface area contributed by atoms with Gasteiger partial charge in [0.15, 0.2) is 13.1 Å². The van der Waals surface area contributed by atoms with Gasteiger partial charge in [0.1, 0.15) is 5.82 Å². The fourth-order valence-electron chi connectivity index (χ4n) is 1.91. The van der Waals surface area contributed by atoms with Crippen molar-refractivity contribution >= 4 is 17.5 Å². The summed E-state index contributed by atoms with van der Waals surface area (Å²) in [5, 5.41) is 5.43. The summed E-state index contributed by atoms with van der Waals surface area (Å²) in [6, 6.07) is 5.81. The van der Waals surface area contributed by atoms with Gasteiger partial charge in [0.25, 0.3) is 11.8 Å². The molecule has 5 nitrogen and oxygen atoms in total. The molecule has 1 atom stereocenters. The summed E-state index contributed by atoms with van der Waals surface area (Å²) in [6.45, 7) is 6.75. The van der Waals surface area contributed by atoms with Gasteiger partial charge in [0.05, 0.1) is 6.54 Å². The molecule has 0 radical (unpaired) electrons. The molecule has 0 fully saturated rings. The molecular formula is C15H23FN3O2+. The number of amides is 2. The highest BCUT2D eigenvalue weighted by Crippen LogP contribution is 2.08. The zero-order valence-corrected chi connectivity index (χ0v) is 12.7. The molecule has 1 rings (SSSR count). The van der Waals surface area contributed by atoms with Crippen molar-refractivity contribution in [3.05, 3.63) is 30.1 Å². The van der Waals surface area contributed by atoms with Crippen molar-refractivity contribution in [2.45, 2.75) is 26.8 Å². The van der Waals surface area contributed by atoms with E-state index in [2.05, 4.69) is 10.6 Å². The van der Waals surface area contributed by atoms with Crippen molar-refractivity contribution in [3.63, 3.8) is 0 Å². The minimum atomic E-state index is -0.399. The van der Waals surface area contributed by atoms with Crippen LogP contribution >= 0.6 is 0 Å². The largest absolute Gasteiger partial charge is 0.349 e. The van der Waals surface area contributed by atoms with Crippen LogP contribution in [0.3, 0.4) is 0 Å². The number of rotatable bonds is 7. The van der Waals surface area contributed by atoms with E-state index in [1.807, 2.05) is 20.8 Å². The summed E-state index contributed by atoms with van der Waals surface area (Å²) in [4.78, 5) is 24.5. The molecule has 0 spiro atoms. The number of hydrogen-bond donors (Lipinski definition) is 3. The van der Waals surface area contributed by atoms with Gasteiger partial charge in [-0.25, -0.2) is 4.39 Å². The van der Waals surface area contributed by atoms with E-state index in [1.54, 1.807) is 6.07 Å². The Labute approximate surface area is 124 Å². The predicted octanol–water partition coefficient (Wildman–Crippen LogP) is 0.194. The van der Waals surface area contributed by atoms with Gasteiger partial charge in [-0.3, -0.25) is 9.59 Å². The molecule has 1 aromatic carbocycles. The van der Waals surface area contributed by atoms with Crippen LogP contribution in [-0.4, -0.2) is 37.5 Å². The second kappa shape index (κ2) is 8.36. The smallest absolute Gasteiger partial charge is 0.279 e. The number of likely N-dealkylation sites (N-methyl/N-ethyl adjacent to an activating group) is 1. The molecule has 0 aromatic heterocycles. The molecule has 3 N–H and O–H groups in total. The lowest BCUT2D eigenvalue weighted by Crippen LogP contribution is -3.14. The van der Waals surface area contributed by atoms with Crippen molar-refractivity contribution in [1.29, 1.82) is 0 Å². The monoisotopic (exact) mass is 296 g/mol. The molecule has 0 aliphatic rings. The quantitative estimate of drug-likeness (QED) is 0.673. The number of anilines is 1. The normalized spacial score (nSPS) is 12.0. The van der Waals surface area contributed by atoms with E-state index in [1.165, 1.54) is 18.2 Å². The molecule has 0 saturated heterocycles. The van der Waals surface area contributed by atoms with Gasteiger partial charge < -0.3 is 15.5 Å². The topological polar surface area (TPSA) is 62.6 Å². The van der Waals surface area contributed by atoms with Crippen LogP contribution in [0.4, 0.5) is 10.1 Å². The standard InChI is InChI=1S/C15H22FN3O2/c1-4-19(9-14(20)17-11(2)3)10-15(21)18-13-7-5-6-12(16)8-13/h5-8,11H,4,9-10H2,1-3H3,(H,17,20)(H,18,21)/p+1. The summed E-state index contributed by atoms with van der Waals surface area (Å²) < 4.78 is 13.0. The molecule has 0 saturated carbocycles. The maximum absolute atomic E-state index is 13.0. The van der Waals surface area contributed by atoms with Gasteiger partial charge in [0.2, 0.25) is 0 Å². The Morgan fingerprint density at radius 3 is 2.48 bits per heavy atom. The lowest BCUT2D eigenvalue weighted by Gasteiger charge is -2.17. The maximum Gasteiger partial charge on any atom is 0.279 e. The average Bonchev–Trinajstić information content (AvgIpc) is 2.36. The molecule has 1 unspecified atom stereocenters. The third-order valence-corrected chi connectivity index (χ3v) is 2.88. The number of benzene rings is 1. The van der Waals surface area contributed by atoms with E-state index in [0.29, 0.717) is 12.2 Å². The highest BCUT2D eigenvalue weighted by atomic mass is 19.1. The van der Waals surface area contributed by atoms with Gasteiger partial charge >= 0.3 is 0 Å². The average molecular weight is 296 g/mol. The molecule has 1 aromatic rings. The van der Waals surface area contributed by atoms with Crippen molar-refractivity contribution in [1.82, 2.24) is 5.32 Å². The van der Waals surface area contributed by atoms with Gasteiger partial charge in [-0.15, -0.1) is 0 Å². The highest BCUT2D eigenvalue weighted by molar-refractivity contribution is 5.91. The first-order valence-corrected chi connectivity index (χ1v) is 7.09. The van der Waals surface area contributed by atoms with Crippen molar-refractivity contribution in [3.8, 4) is 0 Å². The van der Waals surface area contributed by atoms with Crippen molar-refractivity contribution in [2.24, 2.45) is 0 Å². The number of nitrogens with one attached hydrogen (secondary N) is 3. The zero-order valence-electron chi connectivity index (χ0n) is 12.7.